The summed E-state index contributed by atoms with van der Waals surface area (Å²) in [5.74, 6) is 0.563. The van der Waals surface area contributed by atoms with Gasteiger partial charge in [-0.05, 0) is 51.7 Å². The highest BCUT2D eigenvalue weighted by Crippen LogP contribution is 2.35. The van der Waals surface area contributed by atoms with E-state index in [4.69, 9.17) is 0 Å². The van der Waals surface area contributed by atoms with Gasteiger partial charge in [0.05, 0.1) is 6.07 Å². The summed E-state index contributed by atoms with van der Waals surface area (Å²) in [4.78, 5) is 14.6. The molecule has 0 unspecified atom stereocenters. The number of hydrogen-bond donors (Lipinski definition) is 1. The highest BCUT2D eigenvalue weighted by atomic mass is 16.2. The lowest BCUT2D eigenvalue weighted by atomic mass is 9.74. The van der Waals surface area contributed by atoms with Gasteiger partial charge in [0, 0.05) is 6.54 Å². The Morgan fingerprint density at radius 2 is 1.95 bits per heavy atom. The summed E-state index contributed by atoms with van der Waals surface area (Å²) in [5.41, 5.74) is -0.732. The first kappa shape index (κ1) is 14.3. The van der Waals surface area contributed by atoms with Crippen LogP contribution in [0.4, 0.5) is 0 Å². The molecule has 19 heavy (non-hydrogen) atoms. The molecule has 1 amide bonds. The molecule has 1 saturated carbocycles. The predicted octanol–water partition coefficient (Wildman–Crippen LogP) is 1.92. The fourth-order valence-electron chi connectivity index (χ4n) is 3.22. The number of nitrogens with one attached hydrogen (secondary N) is 1. The molecule has 106 valence electrons. The molecule has 4 nitrogen and oxygen atoms in total. The van der Waals surface area contributed by atoms with Crippen LogP contribution < -0.4 is 5.32 Å². The molecule has 1 N–H and O–H groups in total. The number of carbonyl (C=O) groups excluding carboxylic acids is 1. The monoisotopic (exact) mass is 263 g/mol. The van der Waals surface area contributed by atoms with Crippen molar-refractivity contribution in [2.45, 2.75) is 44.9 Å². The number of hydrogen-bond acceptors (Lipinski definition) is 3. The SMILES string of the molecule is CN1CCC(CNC(=O)C2(C#N)CCCCC2)CC1. The van der Waals surface area contributed by atoms with E-state index in [1.165, 1.54) is 0 Å². The van der Waals surface area contributed by atoms with Crippen LogP contribution in [0.15, 0.2) is 0 Å². The van der Waals surface area contributed by atoms with Gasteiger partial charge >= 0.3 is 0 Å². The van der Waals surface area contributed by atoms with Gasteiger partial charge in [0.1, 0.15) is 5.41 Å². The minimum absolute atomic E-state index is 0.0198. The van der Waals surface area contributed by atoms with Crippen LogP contribution in [0.2, 0.25) is 0 Å². The van der Waals surface area contributed by atoms with Gasteiger partial charge in [-0.2, -0.15) is 5.26 Å². The van der Waals surface area contributed by atoms with Crippen molar-refractivity contribution in [3.05, 3.63) is 0 Å². The van der Waals surface area contributed by atoms with Crippen molar-refractivity contribution >= 4 is 5.91 Å². The minimum Gasteiger partial charge on any atom is -0.354 e. The lowest BCUT2D eigenvalue weighted by Crippen LogP contribution is -2.44. The Bertz CT molecular complexity index is 347. The highest BCUT2D eigenvalue weighted by Gasteiger charge is 2.39. The van der Waals surface area contributed by atoms with Crippen LogP contribution in [0, 0.1) is 22.7 Å². The van der Waals surface area contributed by atoms with Crippen molar-refractivity contribution in [2.75, 3.05) is 26.7 Å². The number of nitriles is 1. The third-order valence-corrected chi connectivity index (χ3v) is 4.75. The van der Waals surface area contributed by atoms with Crippen molar-refractivity contribution < 1.29 is 4.79 Å². The lowest BCUT2D eigenvalue weighted by Gasteiger charge is -2.32. The Morgan fingerprint density at radius 1 is 1.32 bits per heavy atom. The van der Waals surface area contributed by atoms with Crippen LogP contribution >= 0.6 is 0 Å². The summed E-state index contributed by atoms with van der Waals surface area (Å²) in [5, 5.41) is 12.4. The third-order valence-electron chi connectivity index (χ3n) is 4.75. The molecule has 0 spiro atoms. The molecule has 0 bridgehead atoms. The molecule has 1 heterocycles. The molecule has 1 saturated heterocycles. The van der Waals surface area contributed by atoms with E-state index < -0.39 is 5.41 Å². The smallest absolute Gasteiger partial charge is 0.240 e. The molecule has 2 aliphatic rings. The number of amides is 1. The Kier molecular flexibility index (Phi) is 4.81. The van der Waals surface area contributed by atoms with E-state index in [1.54, 1.807) is 0 Å². The maximum atomic E-state index is 12.3. The van der Waals surface area contributed by atoms with E-state index in [0.29, 0.717) is 5.92 Å². The van der Waals surface area contributed by atoms with E-state index in [9.17, 15) is 10.1 Å². The van der Waals surface area contributed by atoms with Gasteiger partial charge in [-0.3, -0.25) is 4.79 Å². The standard InChI is InChI=1S/C15H25N3O/c1-18-9-5-13(6-10-18)11-17-14(19)15(12-16)7-3-2-4-8-15/h13H,2-11H2,1H3,(H,17,19). The first-order chi connectivity index (χ1) is 9.16. The molecule has 0 aromatic carbocycles. The summed E-state index contributed by atoms with van der Waals surface area (Å²) in [6.45, 7) is 2.98. The van der Waals surface area contributed by atoms with Crippen LogP contribution in [-0.4, -0.2) is 37.5 Å². The Morgan fingerprint density at radius 3 is 2.53 bits per heavy atom. The zero-order valence-corrected chi connectivity index (χ0v) is 12.0. The van der Waals surface area contributed by atoms with Gasteiger partial charge in [0.2, 0.25) is 5.91 Å². The molecule has 1 aliphatic carbocycles. The number of piperidine rings is 1. The molecule has 0 aromatic rings. The second kappa shape index (κ2) is 6.38. The van der Waals surface area contributed by atoms with Crippen molar-refractivity contribution in [1.29, 1.82) is 5.26 Å². The maximum absolute atomic E-state index is 12.3. The van der Waals surface area contributed by atoms with E-state index >= 15 is 0 Å². The number of rotatable bonds is 3. The summed E-state index contributed by atoms with van der Waals surface area (Å²) in [6.07, 6.45) is 6.95. The fraction of sp³-hybridized carbons (Fsp3) is 0.867. The third kappa shape index (κ3) is 3.48. The number of carbonyl (C=O) groups is 1. The molecule has 4 heteroatoms. The second-order valence-corrected chi connectivity index (χ2v) is 6.21. The molecule has 0 radical (unpaired) electrons. The minimum atomic E-state index is -0.732. The van der Waals surface area contributed by atoms with Crippen LogP contribution in [0.25, 0.3) is 0 Å². The Balaban J connectivity index is 1.81. The topological polar surface area (TPSA) is 56.1 Å². The van der Waals surface area contributed by atoms with Gasteiger partial charge in [0.25, 0.3) is 0 Å². The average molecular weight is 263 g/mol. The van der Waals surface area contributed by atoms with Gasteiger partial charge in [-0.1, -0.05) is 19.3 Å². The van der Waals surface area contributed by atoms with Crippen molar-refractivity contribution in [3.8, 4) is 6.07 Å². The van der Waals surface area contributed by atoms with Crippen LogP contribution in [0.3, 0.4) is 0 Å². The van der Waals surface area contributed by atoms with Crippen molar-refractivity contribution in [3.63, 3.8) is 0 Å². The van der Waals surface area contributed by atoms with E-state index in [0.717, 1.165) is 64.6 Å². The summed E-state index contributed by atoms with van der Waals surface area (Å²) in [6, 6.07) is 2.29. The summed E-state index contributed by atoms with van der Waals surface area (Å²) >= 11 is 0. The van der Waals surface area contributed by atoms with E-state index in [1.807, 2.05) is 0 Å². The number of likely N-dealkylation sites (tertiary alicyclic amines) is 1. The van der Waals surface area contributed by atoms with E-state index in [-0.39, 0.29) is 5.91 Å². The highest BCUT2D eigenvalue weighted by molar-refractivity contribution is 5.85. The van der Waals surface area contributed by atoms with Crippen LogP contribution in [0.5, 0.6) is 0 Å². The second-order valence-electron chi connectivity index (χ2n) is 6.21. The molecular weight excluding hydrogens is 238 g/mol. The fourth-order valence-corrected chi connectivity index (χ4v) is 3.22. The molecule has 1 aliphatic heterocycles. The summed E-state index contributed by atoms with van der Waals surface area (Å²) in [7, 11) is 2.14. The normalized spacial score (nSPS) is 24.6. The van der Waals surface area contributed by atoms with Gasteiger partial charge in [0.15, 0.2) is 0 Å². The zero-order valence-electron chi connectivity index (χ0n) is 12.0. The lowest BCUT2D eigenvalue weighted by molar-refractivity contribution is -0.129. The van der Waals surface area contributed by atoms with Crippen molar-refractivity contribution in [2.24, 2.45) is 11.3 Å². The van der Waals surface area contributed by atoms with Crippen molar-refractivity contribution in [1.82, 2.24) is 10.2 Å². The quantitative estimate of drug-likeness (QED) is 0.846. The number of nitrogens with zero attached hydrogens (tertiary/aromatic N) is 2. The van der Waals surface area contributed by atoms with E-state index in [2.05, 4.69) is 23.3 Å². The first-order valence-corrected chi connectivity index (χ1v) is 7.54. The predicted molar refractivity (Wildman–Crippen MR) is 74.4 cm³/mol. The molecule has 0 atom stereocenters. The zero-order chi connectivity index (χ0) is 13.7. The van der Waals surface area contributed by atoms with Crippen LogP contribution in [0.1, 0.15) is 44.9 Å². The Hall–Kier alpha value is -1.08. The molecule has 2 rings (SSSR count). The molecule has 0 aromatic heterocycles. The van der Waals surface area contributed by atoms with Crippen LogP contribution in [-0.2, 0) is 4.79 Å². The average Bonchev–Trinajstić information content (AvgIpc) is 2.47. The first-order valence-electron chi connectivity index (χ1n) is 7.54. The maximum Gasteiger partial charge on any atom is 0.240 e. The summed E-state index contributed by atoms with van der Waals surface area (Å²) < 4.78 is 0. The molecule has 2 fully saturated rings. The largest absolute Gasteiger partial charge is 0.354 e. The molecular formula is C15H25N3O. The van der Waals surface area contributed by atoms with Gasteiger partial charge in [-0.15, -0.1) is 0 Å². The Labute approximate surface area is 116 Å². The van der Waals surface area contributed by atoms with Gasteiger partial charge in [-0.25, -0.2) is 0 Å². The van der Waals surface area contributed by atoms with Gasteiger partial charge < -0.3 is 10.2 Å².